The summed E-state index contributed by atoms with van der Waals surface area (Å²) in [4.78, 5) is 0. The van der Waals surface area contributed by atoms with Crippen LogP contribution in [0.1, 0.15) is 11.1 Å². The molecule has 0 bridgehead atoms. The third-order valence-electron chi connectivity index (χ3n) is 4.50. The van der Waals surface area contributed by atoms with Gasteiger partial charge in [-0.2, -0.15) is 4.57 Å². The van der Waals surface area contributed by atoms with Crippen molar-refractivity contribution >= 4 is 16.5 Å². The number of allylic oxidation sites excluding steroid dienone is 4. The van der Waals surface area contributed by atoms with Gasteiger partial charge in [0.15, 0.2) is 6.54 Å². The molecule has 0 saturated carbocycles. The highest BCUT2D eigenvalue weighted by Crippen LogP contribution is 2.31. The average Bonchev–Trinajstić information content (AvgIpc) is 2.98. The summed E-state index contributed by atoms with van der Waals surface area (Å²) in [6, 6.07) is 19.6. The molecular formula is C22H18N+. The Labute approximate surface area is 136 Å². The Balaban J connectivity index is 1.92. The van der Waals surface area contributed by atoms with E-state index in [1.165, 1.54) is 33.3 Å². The highest BCUT2D eigenvalue weighted by atomic mass is 15.0. The summed E-state index contributed by atoms with van der Waals surface area (Å²) in [5.74, 6) is 0. The second kappa shape index (κ2) is 5.36. The first-order valence-electron chi connectivity index (χ1n) is 7.82. The van der Waals surface area contributed by atoms with E-state index >= 15 is 0 Å². The van der Waals surface area contributed by atoms with Crippen LogP contribution in [0.2, 0.25) is 0 Å². The number of benzene rings is 2. The van der Waals surface area contributed by atoms with Crippen LogP contribution in [0.15, 0.2) is 86.0 Å². The van der Waals surface area contributed by atoms with Crippen molar-refractivity contribution in [2.24, 2.45) is 0 Å². The predicted molar refractivity (Wildman–Crippen MR) is 97.1 cm³/mol. The minimum Gasteiger partial charge on any atom is -0.187 e. The predicted octanol–water partition coefficient (Wildman–Crippen LogP) is 4.91. The van der Waals surface area contributed by atoms with Gasteiger partial charge in [0.1, 0.15) is 0 Å². The topological polar surface area (TPSA) is 3.88 Å². The Hall–Kier alpha value is -2.93. The molecule has 2 heterocycles. The zero-order valence-electron chi connectivity index (χ0n) is 13.0. The standard InChI is InChI=1S/C22H18N/c1-3-7-16(4-2)18-10-11-19-15-23-21-9-6-5-8-17(21)12-13-22(23)20(19)14-18/h3-14H,1-2,15H2/q+1/b16-7+. The van der Waals surface area contributed by atoms with Crippen LogP contribution in [0.5, 0.6) is 0 Å². The van der Waals surface area contributed by atoms with Crippen molar-refractivity contribution in [3.05, 3.63) is 97.1 Å². The Kier molecular flexibility index (Phi) is 3.20. The maximum Gasteiger partial charge on any atom is 0.213 e. The van der Waals surface area contributed by atoms with Gasteiger partial charge in [0.05, 0.1) is 5.56 Å². The maximum absolute atomic E-state index is 3.91. The molecule has 4 rings (SSSR count). The molecule has 0 unspecified atom stereocenters. The molecule has 1 aliphatic rings. The monoisotopic (exact) mass is 296 g/mol. The number of hydrogen-bond donors (Lipinski definition) is 0. The molecule has 0 spiro atoms. The summed E-state index contributed by atoms with van der Waals surface area (Å²) < 4.78 is 2.40. The van der Waals surface area contributed by atoms with Crippen molar-refractivity contribution in [2.45, 2.75) is 6.54 Å². The molecule has 0 fully saturated rings. The van der Waals surface area contributed by atoms with Crippen molar-refractivity contribution in [2.75, 3.05) is 0 Å². The molecule has 0 saturated heterocycles. The van der Waals surface area contributed by atoms with E-state index < -0.39 is 0 Å². The number of rotatable bonds is 3. The fourth-order valence-electron chi connectivity index (χ4n) is 3.38. The first kappa shape index (κ1) is 13.7. The van der Waals surface area contributed by atoms with E-state index in [1.807, 2.05) is 12.2 Å². The second-order valence-electron chi connectivity index (χ2n) is 5.80. The Morgan fingerprint density at radius 1 is 1.00 bits per heavy atom. The fourth-order valence-corrected chi connectivity index (χ4v) is 3.38. The molecule has 0 atom stereocenters. The second-order valence-corrected chi connectivity index (χ2v) is 5.80. The van der Waals surface area contributed by atoms with E-state index in [0.29, 0.717) is 0 Å². The van der Waals surface area contributed by atoms with Gasteiger partial charge in [-0.15, -0.1) is 0 Å². The molecule has 1 aliphatic heterocycles. The van der Waals surface area contributed by atoms with Crippen LogP contribution in [0, 0.1) is 0 Å². The lowest BCUT2D eigenvalue weighted by molar-refractivity contribution is -0.645. The van der Waals surface area contributed by atoms with Gasteiger partial charge in [0.25, 0.3) is 0 Å². The van der Waals surface area contributed by atoms with Crippen molar-refractivity contribution in [1.82, 2.24) is 0 Å². The van der Waals surface area contributed by atoms with Crippen LogP contribution in [-0.4, -0.2) is 0 Å². The molecule has 0 amide bonds. The van der Waals surface area contributed by atoms with Crippen molar-refractivity contribution in [3.8, 4) is 11.3 Å². The minimum absolute atomic E-state index is 0.931. The molecule has 110 valence electrons. The molecule has 2 aromatic carbocycles. The lowest BCUT2D eigenvalue weighted by atomic mass is 9.98. The molecular weight excluding hydrogens is 278 g/mol. The van der Waals surface area contributed by atoms with Crippen molar-refractivity contribution < 1.29 is 4.57 Å². The van der Waals surface area contributed by atoms with E-state index in [1.54, 1.807) is 6.08 Å². The third kappa shape index (κ3) is 2.13. The van der Waals surface area contributed by atoms with Crippen LogP contribution < -0.4 is 4.57 Å². The van der Waals surface area contributed by atoms with Gasteiger partial charge in [-0.3, -0.25) is 0 Å². The molecule has 1 nitrogen and oxygen atoms in total. The number of aromatic nitrogens is 1. The average molecular weight is 296 g/mol. The molecule has 23 heavy (non-hydrogen) atoms. The van der Waals surface area contributed by atoms with Gasteiger partial charge in [0, 0.05) is 23.1 Å². The minimum atomic E-state index is 0.931. The fraction of sp³-hybridized carbons (Fsp3) is 0.0455. The zero-order chi connectivity index (χ0) is 15.8. The maximum atomic E-state index is 3.91. The van der Waals surface area contributed by atoms with E-state index in [9.17, 15) is 0 Å². The van der Waals surface area contributed by atoms with Crippen molar-refractivity contribution in [3.63, 3.8) is 0 Å². The highest BCUT2D eigenvalue weighted by molar-refractivity contribution is 5.81. The lowest BCUT2D eigenvalue weighted by Gasteiger charge is -2.03. The summed E-state index contributed by atoms with van der Waals surface area (Å²) >= 11 is 0. The summed E-state index contributed by atoms with van der Waals surface area (Å²) in [5.41, 5.74) is 7.52. The number of pyridine rings is 1. The first-order chi connectivity index (χ1) is 11.3. The SMILES string of the molecule is C=C/C=C(\C=C)c1ccc2c(c1)-c1ccc3ccccc3[n+]1C2. The van der Waals surface area contributed by atoms with Gasteiger partial charge in [-0.05, 0) is 29.3 Å². The largest absolute Gasteiger partial charge is 0.213 e. The van der Waals surface area contributed by atoms with E-state index in [0.717, 1.165) is 12.1 Å². The van der Waals surface area contributed by atoms with Gasteiger partial charge < -0.3 is 0 Å². The summed E-state index contributed by atoms with van der Waals surface area (Å²) in [6.07, 6.45) is 5.69. The number of hydrogen-bond acceptors (Lipinski definition) is 0. The summed E-state index contributed by atoms with van der Waals surface area (Å²) in [5, 5.41) is 1.28. The van der Waals surface area contributed by atoms with Gasteiger partial charge in [0.2, 0.25) is 11.2 Å². The quantitative estimate of drug-likeness (QED) is 0.373. The third-order valence-corrected chi connectivity index (χ3v) is 4.50. The van der Waals surface area contributed by atoms with Crippen LogP contribution in [0.4, 0.5) is 0 Å². The van der Waals surface area contributed by atoms with E-state index in [2.05, 4.69) is 72.3 Å². The van der Waals surface area contributed by atoms with Crippen LogP contribution in [0.25, 0.3) is 27.7 Å². The lowest BCUT2D eigenvalue weighted by Crippen LogP contribution is -2.33. The summed E-state index contributed by atoms with van der Waals surface area (Å²) in [7, 11) is 0. The Morgan fingerprint density at radius 3 is 2.70 bits per heavy atom. The molecule has 3 aromatic rings. The molecule has 1 heteroatoms. The number of para-hydroxylation sites is 1. The van der Waals surface area contributed by atoms with E-state index in [4.69, 9.17) is 0 Å². The Bertz CT molecular complexity index is 976. The van der Waals surface area contributed by atoms with Crippen LogP contribution in [0.3, 0.4) is 0 Å². The van der Waals surface area contributed by atoms with E-state index in [-0.39, 0.29) is 0 Å². The molecule has 1 aromatic heterocycles. The normalized spacial score (nSPS) is 12.8. The molecule has 0 aliphatic carbocycles. The Morgan fingerprint density at radius 2 is 1.87 bits per heavy atom. The molecule has 0 radical (unpaired) electrons. The van der Waals surface area contributed by atoms with Crippen molar-refractivity contribution in [1.29, 1.82) is 0 Å². The van der Waals surface area contributed by atoms with Gasteiger partial charge in [-0.1, -0.05) is 55.7 Å². The van der Waals surface area contributed by atoms with Crippen LogP contribution in [-0.2, 0) is 6.54 Å². The highest BCUT2D eigenvalue weighted by Gasteiger charge is 2.28. The smallest absolute Gasteiger partial charge is 0.187 e. The zero-order valence-corrected chi connectivity index (χ0v) is 13.0. The summed E-state index contributed by atoms with van der Waals surface area (Å²) in [6.45, 7) is 8.63. The first-order valence-corrected chi connectivity index (χ1v) is 7.82. The molecule has 0 N–H and O–H groups in total. The van der Waals surface area contributed by atoms with Crippen LogP contribution >= 0.6 is 0 Å². The number of nitrogens with zero attached hydrogens (tertiary/aromatic N) is 1. The van der Waals surface area contributed by atoms with Gasteiger partial charge in [-0.25, -0.2) is 0 Å². The van der Waals surface area contributed by atoms with Gasteiger partial charge >= 0.3 is 0 Å². The number of fused-ring (bicyclic) bond motifs is 5.